The van der Waals surface area contributed by atoms with E-state index in [2.05, 4.69) is 19.9 Å². The lowest BCUT2D eigenvalue weighted by Crippen LogP contribution is -2.39. The van der Waals surface area contributed by atoms with Gasteiger partial charge in [0.2, 0.25) is 0 Å². The van der Waals surface area contributed by atoms with Crippen molar-refractivity contribution in [2.24, 2.45) is 29.1 Å². The fourth-order valence-corrected chi connectivity index (χ4v) is 4.85. The molecule has 0 radical (unpaired) electrons. The minimum Gasteiger partial charge on any atom is -0.389 e. The predicted molar refractivity (Wildman–Crippen MR) is 80.2 cm³/mol. The van der Waals surface area contributed by atoms with Crippen LogP contribution >= 0.6 is 0 Å². The van der Waals surface area contributed by atoms with Crippen LogP contribution < -0.4 is 0 Å². The molecule has 20 heavy (non-hydrogen) atoms. The molecule has 0 aromatic heterocycles. The van der Waals surface area contributed by atoms with Crippen molar-refractivity contribution >= 4 is 5.78 Å². The zero-order chi connectivity index (χ0) is 14.3. The van der Waals surface area contributed by atoms with Crippen LogP contribution in [0, 0.1) is 29.1 Å². The number of hydrogen-bond acceptors (Lipinski definition) is 2. The van der Waals surface area contributed by atoms with Crippen molar-refractivity contribution in [2.45, 2.75) is 64.9 Å². The van der Waals surface area contributed by atoms with E-state index in [1.54, 1.807) is 0 Å². The number of aliphatic hydroxyl groups excluding tert-OH is 1. The van der Waals surface area contributed by atoms with Crippen molar-refractivity contribution in [3.05, 3.63) is 12.2 Å². The van der Waals surface area contributed by atoms with Gasteiger partial charge < -0.3 is 5.11 Å². The Balaban J connectivity index is 1.68. The molecule has 3 rings (SSSR count). The molecule has 2 nitrogen and oxygen atoms in total. The van der Waals surface area contributed by atoms with Crippen molar-refractivity contribution in [2.75, 3.05) is 0 Å². The summed E-state index contributed by atoms with van der Waals surface area (Å²) < 4.78 is 0. The van der Waals surface area contributed by atoms with Gasteiger partial charge in [0.1, 0.15) is 5.78 Å². The van der Waals surface area contributed by atoms with Crippen LogP contribution in [-0.2, 0) is 4.79 Å². The number of allylic oxidation sites excluding steroid dienone is 1. The lowest BCUT2D eigenvalue weighted by Gasteiger charge is -2.41. The van der Waals surface area contributed by atoms with E-state index in [-0.39, 0.29) is 11.5 Å². The Morgan fingerprint density at radius 2 is 2.00 bits per heavy atom. The SMILES string of the molecule is C[C@H](/C=C/[C@@H](O)C1CC1)[C@@H]1CC[C@H]2C(=O)CCC[C@@]21C. The molecule has 0 heterocycles. The van der Waals surface area contributed by atoms with Gasteiger partial charge in [0.25, 0.3) is 0 Å². The number of carbonyl (C=O) groups excluding carboxylic acids is 1. The van der Waals surface area contributed by atoms with Crippen molar-refractivity contribution in [1.82, 2.24) is 0 Å². The summed E-state index contributed by atoms with van der Waals surface area (Å²) in [4.78, 5) is 12.2. The summed E-state index contributed by atoms with van der Waals surface area (Å²) >= 11 is 0. The number of ketones is 1. The second-order valence-corrected chi connectivity index (χ2v) is 7.63. The van der Waals surface area contributed by atoms with Crippen LogP contribution in [0.3, 0.4) is 0 Å². The minimum absolute atomic E-state index is 0.212. The highest BCUT2D eigenvalue weighted by Crippen LogP contribution is 2.56. The highest BCUT2D eigenvalue weighted by molar-refractivity contribution is 5.83. The summed E-state index contributed by atoms with van der Waals surface area (Å²) in [6, 6.07) is 0. The first kappa shape index (κ1) is 14.3. The van der Waals surface area contributed by atoms with Gasteiger partial charge in [0, 0.05) is 12.3 Å². The molecule has 112 valence electrons. The molecule has 3 saturated carbocycles. The van der Waals surface area contributed by atoms with Crippen LogP contribution in [0.2, 0.25) is 0 Å². The molecule has 0 amide bonds. The molecule has 0 unspecified atom stereocenters. The number of fused-ring (bicyclic) bond motifs is 1. The van der Waals surface area contributed by atoms with Crippen molar-refractivity contribution < 1.29 is 9.90 Å². The maximum absolute atomic E-state index is 12.2. The number of hydrogen-bond donors (Lipinski definition) is 1. The molecule has 0 bridgehead atoms. The van der Waals surface area contributed by atoms with E-state index in [0.717, 1.165) is 19.3 Å². The predicted octanol–water partition coefficient (Wildman–Crippen LogP) is 3.74. The Morgan fingerprint density at radius 1 is 1.25 bits per heavy atom. The van der Waals surface area contributed by atoms with Gasteiger partial charge in [0.15, 0.2) is 0 Å². The Hall–Kier alpha value is -0.630. The molecule has 0 spiro atoms. The third kappa shape index (κ3) is 2.47. The van der Waals surface area contributed by atoms with Crippen molar-refractivity contribution in [3.8, 4) is 0 Å². The maximum Gasteiger partial charge on any atom is 0.136 e. The van der Waals surface area contributed by atoms with E-state index < -0.39 is 0 Å². The third-order valence-electron chi connectivity index (χ3n) is 6.29. The van der Waals surface area contributed by atoms with Gasteiger partial charge in [-0.1, -0.05) is 26.0 Å². The van der Waals surface area contributed by atoms with E-state index in [0.29, 0.717) is 29.5 Å². The van der Waals surface area contributed by atoms with Crippen LogP contribution in [-0.4, -0.2) is 17.0 Å². The molecular formula is C18H28O2. The summed E-state index contributed by atoms with van der Waals surface area (Å²) in [7, 11) is 0. The number of Topliss-reactive ketones (excluding diaryl/α,β-unsaturated/α-hetero) is 1. The number of rotatable bonds is 4. The molecule has 5 atom stereocenters. The van der Waals surface area contributed by atoms with Crippen LogP contribution in [0.1, 0.15) is 58.8 Å². The summed E-state index contributed by atoms with van der Waals surface area (Å²) in [5.74, 6) is 2.42. The van der Waals surface area contributed by atoms with Gasteiger partial charge in [-0.25, -0.2) is 0 Å². The summed E-state index contributed by atoms with van der Waals surface area (Å²) in [5.41, 5.74) is 0.212. The quantitative estimate of drug-likeness (QED) is 0.794. The lowest BCUT2D eigenvalue weighted by molar-refractivity contribution is -0.129. The summed E-state index contributed by atoms with van der Waals surface area (Å²) in [5, 5.41) is 9.98. The molecule has 1 N–H and O–H groups in total. The first-order valence-electron chi connectivity index (χ1n) is 8.41. The zero-order valence-corrected chi connectivity index (χ0v) is 12.8. The molecule has 3 aliphatic rings. The van der Waals surface area contributed by atoms with Crippen molar-refractivity contribution in [3.63, 3.8) is 0 Å². The second kappa shape index (κ2) is 5.29. The third-order valence-corrected chi connectivity index (χ3v) is 6.29. The Bertz CT molecular complexity index is 410. The van der Waals surface area contributed by atoms with Crippen LogP contribution in [0.4, 0.5) is 0 Å². The normalized spacial score (nSPS) is 40.9. The summed E-state index contributed by atoms with van der Waals surface area (Å²) in [6.45, 7) is 4.61. The largest absolute Gasteiger partial charge is 0.389 e. The Morgan fingerprint density at radius 3 is 2.70 bits per heavy atom. The smallest absolute Gasteiger partial charge is 0.136 e. The fraction of sp³-hybridized carbons (Fsp3) is 0.833. The molecule has 2 heteroatoms. The van der Waals surface area contributed by atoms with E-state index >= 15 is 0 Å². The van der Waals surface area contributed by atoms with E-state index in [9.17, 15) is 9.90 Å². The maximum atomic E-state index is 12.2. The number of carbonyl (C=O) groups is 1. The fourth-order valence-electron chi connectivity index (χ4n) is 4.85. The topological polar surface area (TPSA) is 37.3 Å². The van der Waals surface area contributed by atoms with E-state index in [4.69, 9.17) is 0 Å². The number of aliphatic hydroxyl groups is 1. The van der Waals surface area contributed by atoms with Gasteiger partial charge in [-0.05, 0) is 61.7 Å². The van der Waals surface area contributed by atoms with E-state index in [1.165, 1.54) is 25.7 Å². The van der Waals surface area contributed by atoms with Gasteiger partial charge in [-0.2, -0.15) is 0 Å². The van der Waals surface area contributed by atoms with Gasteiger partial charge >= 0.3 is 0 Å². The Kier molecular flexibility index (Phi) is 3.79. The zero-order valence-electron chi connectivity index (χ0n) is 12.8. The second-order valence-electron chi connectivity index (χ2n) is 7.63. The molecule has 0 saturated heterocycles. The molecule has 3 fully saturated rings. The van der Waals surface area contributed by atoms with E-state index in [1.807, 2.05) is 6.08 Å². The monoisotopic (exact) mass is 276 g/mol. The van der Waals surface area contributed by atoms with Crippen LogP contribution in [0.15, 0.2) is 12.2 Å². The average molecular weight is 276 g/mol. The first-order chi connectivity index (χ1) is 9.52. The standard InChI is InChI=1S/C18H28O2/c1-12(5-10-16(19)13-6-7-13)14-8-9-15-17(20)4-3-11-18(14,15)2/h5,10,12-16,19H,3-4,6-9,11H2,1-2H3/b10-5+/t12-,14+,15+,16-,18-/m1/s1. The van der Waals surface area contributed by atoms with Crippen LogP contribution in [0.5, 0.6) is 0 Å². The highest BCUT2D eigenvalue weighted by atomic mass is 16.3. The summed E-state index contributed by atoms with van der Waals surface area (Å²) in [6.07, 6.45) is 11.7. The van der Waals surface area contributed by atoms with Gasteiger partial charge in [-0.3, -0.25) is 4.79 Å². The highest BCUT2D eigenvalue weighted by Gasteiger charge is 2.51. The molecule has 0 aromatic rings. The van der Waals surface area contributed by atoms with Crippen LogP contribution in [0.25, 0.3) is 0 Å². The van der Waals surface area contributed by atoms with Gasteiger partial charge in [-0.15, -0.1) is 0 Å². The molecular weight excluding hydrogens is 248 g/mol. The first-order valence-corrected chi connectivity index (χ1v) is 8.41. The molecule has 3 aliphatic carbocycles. The lowest BCUT2D eigenvalue weighted by atomic mass is 9.62. The average Bonchev–Trinajstić information content (AvgIpc) is 3.18. The van der Waals surface area contributed by atoms with Gasteiger partial charge in [0.05, 0.1) is 6.10 Å². The Labute approximate surface area is 122 Å². The molecule has 0 aromatic carbocycles. The molecule has 0 aliphatic heterocycles. The minimum atomic E-state index is -0.240. The van der Waals surface area contributed by atoms with Crippen molar-refractivity contribution in [1.29, 1.82) is 0 Å².